The summed E-state index contributed by atoms with van der Waals surface area (Å²) in [5.74, 6) is -1.55. The normalized spacial score (nSPS) is 12.2. The van der Waals surface area contributed by atoms with Crippen molar-refractivity contribution in [2.45, 2.75) is 32.9 Å². The number of rotatable bonds is 10. The fraction of sp³-hybridized carbons (Fsp3) is 0.364. The van der Waals surface area contributed by atoms with E-state index in [9.17, 15) is 22.4 Å². The summed E-state index contributed by atoms with van der Waals surface area (Å²) < 4.78 is 40.7. The van der Waals surface area contributed by atoms with Gasteiger partial charge in [0.2, 0.25) is 21.8 Å². The Morgan fingerprint density at radius 3 is 2.34 bits per heavy atom. The first-order valence-electron chi connectivity index (χ1n) is 10.1. The lowest BCUT2D eigenvalue weighted by Gasteiger charge is -2.31. The standard InChI is InChI=1S/C22H27BrFN3O4S/c1-4-13-25-22(29)16(2)26(14-17-9-5-7-11-19(17)24)21(28)15-27(32(3,30)31)20-12-8-6-10-18(20)23/h5-12,16H,4,13-15H2,1-3H3,(H,25,29). The first-order chi connectivity index (χ1) is 15.1. The summed E-state index contributed by atoms with van der Waals surface area (Å²) in [4.78, 5) is 27.1. The molecule has 0 saturated carbocycles. The molecule has 0 spiro atoms. The highest BCUT2D eigenvalue weighted by Gasteiger charge is 2.31. The summed E-state index contributed by atoms with van der Waals surface area (Å²) in [6.07, 6.45) is 1.71. The number of nitrogens with zero attached hydrogens (tertiary/aromatic N) is 2. The van der Waals surface area contributed by atoms with Gasteiger partial charge >= 0.3 is 0 Å². The highest BCUT2D eigenvalue weighted by atomic mass is 79.9. The van der Waals surface area contributed by atoms with Crippen LogP contribution in [0.2, 0.25) is 0 Å². The third-order valence-corrected chi connectivity index (χ3v) is 6.61. The smallest absolute Gasteiger partial charge is 0.244 e. The third kappa shape index (κ3) is 6.77. The van der Waals surface area contributed by atoms with Crippen LogP contribution in [0.4, 0.5) is 10.1 Å². The summed E-state index contributed by atoms with van der Waals surface area (Å²) in [6.45, 7) is 3.14. The van der Waals surface area contributed by atoms with Gasteiger partial charge in [-0.3, -0.25) is 13.9 Å². The molecule has 0 aliphatic carbocycles. The van der Waals surface area contributed by atoms with Gasteiger partial charge in [0.05, 0.1) is 11.9 Å². The highest BCUT2D eigenvalue weighted by molar-refractivity contribution is 9.10. The minimum Gasteiger partial charge on any atom is -0.354 e. The van der Waals surface area contributed by atoms with Gasteiger partial charge in [0, 0.05) is 23.1 Å². The van der Waals surface area contributed by atoms with Gasteiger partial charge in [0.25, 0.3) is 0 Å². The summed E-state index contributed by atoms with van der Waals surface area (Å²) >= 11 is 3.32. The Hall–Kier alpha value is -2.46. The minimum atomic E-state index is -3.83. The van der Waals surface area contributed by atoms with Crippen LogP contribution in [0.5, 0.6) is 0 Å². The monoisotopic (exact) mass is 527 g/mol. The van der Waals surface area contributed by atoms with Gasteiger partial charge in [-0.25, -0.2) is 12.8 Å². The van der Waals surface area contributed by atoms with Crippen LogP contribution in [-0.4, -0.2) is 50.5 Å². The maximum absolute atomic E-state index is 14.3. The molecule has 0 bridgehead atoms. The second-order valence-electron chi connectivity index (χ2n) is 7.30. The van der Waals surface area contributed by atoms with E-state index in [4.69, 9.17) is 0 Å². The maximum atomic E-state index is 14.3. The largest absolute Gasteiger partial charge is 0.354 e. The maximum Gasteiger partial charge on any atom is 0.244 e. The lowest BCUT2D eigenvalue weighted by Crippen LogP contribution is -2.51. The second-order valence-corrected chi connectivity index (χ2v) is 10.1. The van der Waals surface area contributed by atoms with Gasteiger partial charge < -0.3 is 10.2 Å². The number of nitrogens with one attached hydrogen (secondary N) is 1. The second kappa shape index (κ2) is 11.4. The Morgan fingerprint density at radius 1 is 1.12 bits per heavy atom. The van der Waals surface area contributed by atoms with Crippen LogP contribution in [0.3, 0.4) is 0 Å². The van der Waals surface area contributed by atoms with E-state index in [0.29, 0.717) is 17.4 Å². The number of carbonyl (C=O) groups is 2. The average molecular weight is 528 g/mol. The molecule has 2 amide bonds. The predicted octanol–water partition coefficient (Wildman–Crippen LogP) is 3.30. The fourth-order valence-corrected chi connectivity index (χ4v) is 4.52. The number of hydrogen-bond acceptors (Lipinski definition) is 4. The molecule has 0 heterocycles. The highest BCUT2D eigenvalue weighted by Crippen LogP contribution is 2.28. The zero-order chi connectivity index (χ0) is 23.9. The molecule has 10 heteroatoms. The van der Waals surface area contributed by atoms with E-state index < -0.39 is 40.2 Å². The third-order valence-electron chi connectivity index (χ3n) is 4.82. The van der Waals surface area contributed by atoms with Crippen molar-refractivity contribution in [3.63, 3.8) is 0 Å². The van der Waals surface area contributed by atoms with Crippen LogP contribution in [0.1, 0.15) is 25.8 Å². The molecule has 0 fully saturated rings. The molecule has 174 valence electrons. The Labute approximate surface area is 196 Å². The number of sulfonamides is 1. The quantitative estimate of drug-likeness (QED) is 0.513. The molecule has 1 N–H and O–H groups in total. The van der Waals surface area contributed by atoms with E-state index in [1.165, 1.54) is 30.0 Å². The SMILES string of the molecule is CCCNC(=O)C(C)N(Cc1ccccc1F)C(=O)CN(c1ccccc1Br)S(C)(=O)=O. The van der Waals surface area contributed by atoms with E-state index in [1.807, 2.05) is 6.92 Å². The van der Waals surface area contributed by atoms with E-state index in [2.05, 4.69) is 21.2 Å². The Kier molecular flexibility index (Phi) is 9.21. The number of para-hydroxylation sites is 1. The van der Waals surface area contributed by atoms with Crippen molar-refractivity contribution in [3.05, 3.63) is 64.4 Å². The molecule has 7 nitrogen and oxygen atoms in total. The van der Waals surface area contributed by atoms with Crippen molar-refractivity contribution in [2.75, 3.05) is 23.7 Å². The zero-order valence-corrected chi connectivity index (χ0v) is 20.6. The zero-order valence-electron chi connectivity index (χ0n) is 18.2. The summed E-state index contributed by atoms with van der Waals surface area (Å²) in [6, 6.07) is 11.6. The molecule has 32 heavy (non-hydrogen) atoms. The van der Waals surface area contributed by atoms with Crippen molar-refractivity contribution in [3.8, 4) is 0 Å². The molecule has 2 rings (SSSR count). The van der Waals surface area contributed by atoms with Gasteiger partial charge in [0.15, 0.2) is 0 Å². The Balaban J connectivity index is 2.40. The van der Waals surface area contributed by atoms with Crippen molar-refractivity contribution in [2.24, 2.45) is 0 Å². The van der Waals surface area contributed by atoms with Crippen LogP contribution in [0.15, 0.2) is 53.0 Å². The Morgan fingerprint density at radius 2 is 1.75 bits per heavy atom. The molecular formula is C22H27BrFN3O4S. The van der Waals surface area contributed by atoms with Gasteiger partial charge in [0.1, 0.15) is 18.4 Å². The molecule has 0 saturated heterocycles. The van der Waals surface area contributed by atoms with Crippen molar-refractivity contribution in [1.82, 2.24) is 10.2 Å². The molecule has 0 aliphatic heterocycles. The first kappa shape index (κ1) is 25.8. The van der Waals surface area contributed by atoms with E-state index in [-0.39, 0.29) is 17.8 Å². The predicted molar refractivity (Wildman–Crippen MR) is 126 cm³/mol. The molecule has 0 radical (unpaired) electrons. The van der Waals surface area contributed by atoms with E-state index in [0.717, 1.165) is 10.6 Å². The average Bonchev–Trinajstić information content (AvgIpc) is 2.74. The summed E-state index contributed by atoms with van der Waals surface area (Å²) in [5.41, 5.74) is 0.514. The lowest BCUT2D eigenvalue weighted by molar-refractivity contribution is -0.139. The van der Waals surface area contributed by atoms with Crippen molar-refractivity contribution in [1.29, 1.82) is 0 Å². The van der Waals surface area contributed by atoms with E-state index in [1.54, 1.807) is 30.3 Å². The van der Waals surface area contributed by atoms with Crippen LogP contribution in [0, 0.1) is 5.82 Å². The van der Waals surface area contributed by atoms with Gasteiger partial charge in [-0.1, -0.05) is 37.3 Å². The number of hydrogen-bond donors (Lipinski definition) is 1. The number of anilines is 1. The molecule has 1 unspecified atom stereocenters. The minimum absolute atomic E-state index is 0.181. The van der Waals surface area contributed by atoms with Crippen LogP contribution >= 0.6 is 15.9 Å². The van der Waals surface area contributed by atoms with Gasteiger partial charge in [-0.15, -0.1) is 0 Å². The van der Waals surface area contributed by atoms with Crippen LogP contribution < -0.4 is 9.62 Å². The number of halogens is 2. The fourth-order valence-electron chi connectivity index (χ4n) is 3.04. The molecule has 2 aromatic carbocycles. The number of benzene rings is 2. The summed E-state index contributed by atoms with van der Waals surface area (Å²) in [5, 5.41) is 2.73. The van der Waals surface area contributed by atoms with Crippen molar-refractivity contribution >= 4 is 43.5 Å². The van der Waals surface area contributed by atoms with Crippen LogP contribution in [0.25, 0.3) is 0 Å². The van der Waals surface area contributed by atoms with Gasteiger partial charge in [-0.2, -0.15) is 0 Å². The molecular weight excluding hydrogens is 501 g/mol. The molecule has 2 aromatic rings. The molecule has 0 aromatic heterocycles. The molecule has 0 aliphatic rings. The lowest BCUT2D eigenvalue weighted by atomic mass is 10.1. The number of amides is 2. The summed E-state index contributed by atoms with van der Waals surface area (Å²) in [7, 11) is -3.83. The number of carbonyl (C=O) groups excluding carboxylic acids is 2. The van der Waals surface area contributed by atoms with Gasteiger partial charge in [-0.05, 0) is 47.5 Å². The van der Waals surface area contributed by atoms with Crippen molar-refractivity contribution < 1.29 is 22.4 Å². The van der Waals surface area contributed by atoms with E-state index >= 15 is 0 Å². The van der Waals surface area contributed by atoms with Crippen LogP contribution in [-0.2, 0) is 26.2 Å². The molecule has 1 atom stereocenters. The topological polar surface area (TPSA) is 86.8 Å². The Bertz CT molecular complexity index is 1060. The first-order valence-corrected chi connectivity index (χ1v) is 12.7.